The number of unbranched alkanes of at least 4 members (excludes halogenated alkanes) is 26. The van der Waals surface area contributed by atoms with Crippen molar-refractivity contribution < 1.29 is 28.5 Å². The summed E-state index contributed by atoms with van der Waals surface area (Å²) < 4.78 is 4.81. The van der Waals surface area contributed by atoms with Gasteiger partial charge in [0.1, 0.15) is 12.4 Å². The number of rotatable bonds is 30. The molecule has 0 saturated carbocycles. The lowest BCUT2D eigenvalue weighted by Gasteiger charge is -2.03. The molecule has 2 nitrogen and oxygen atoms in total. The minimum atomic E-state index is 0. The summed E-state index contributed by atoms with van der Waals surface area (Å²) in [6.07, 6.45) is 47.2. The van der Waals surface area contributed by atoms with E-state index >= 15 is 0 Å². The fourth-order valence-electron chi connectivity index (χ4n) is 5.68. The van der Waals surface area contributed by atoms with Crippen molar-refractivity contribution in [3.63, 3.8) is 0 Å². The number of nitrogens with zero attached hydrogens (tertiary/aromatic N) is 2. The maximum Gasteiger partial charge on any atom is 0.243 e. The Balaban J connectivity index is 0.0000137. The van der Waals surface area contributed by atoms with Crippen molar-refractivity contribution in [1.29, 1.82) is 0 Å². The average molecular weight is 645 g/mol. The van der Waals surface area contributed by atoms with E-state index in [2.05, 4.69) is 41.7 Å². The Morgan fingerprint density at radius 2 is 0.737 bits per heavy atom. The third-order valence-electron chi connectivity index (χ3n) is 8.29. The summed E-state index contributed by atoms with van der Waals surface area (Å²) in [7, 11) is 0. The average Bonchev–Trinajstić information content (AvgIpc) is 3.36. The van der Waals surface area contributed by atoms with Crippen LogP contribution in [0.5, 0.6) is 0 Å². The van der Waals surface area contributed by atoms with Gasteiger partial charge >= 0.3 is 0 Å². The van der Waals surface area contributed by atoms with Crippen LogP contribution in [0.25, 0.3) is 0 Å². The molecule has 1 heterocycles. The first-order valence-electron chi connectivity index (χ1n) is 17.4. The van der Waals surface area contributed by atoms with Crippen molar-refractivity contribution in [1.82, 2.24) is 4.57 Å². The Labute approximate surface area is 257 Å². The van der Waals surface area contributed by atoms with Crippen molar-refractivity contribution in [2.75, 3.05) is 0 Å². The molecule has 0 unspecified atom stereocenters. The number of hydrogen-bond donors (Lipinski definition) is 0. The first-order chi connectivity index (χ1) is 18.4. The molecular weight excluding hydrogens is 575 g/mol. The molecule has 0 spiro atoms. The van der Waals surface area contributed by atoms with Gasteiger partial charge < -0.3 is 24.0 Å². The van der Waals surface area contributed by atoms with Crippen molar-refractivity contribution in [3.05, 3.63) is 18.7 Å². The highest BCUT2D eigenvalue weighted by molar-refractivity contribution is 4.66. The van der Waals surface area contributed by atoms with Crippen LogP contribution in [0.15, 0.2) is 18.7 Å². The lowest BCUT2D eigenvalue weighted by Crippen LogP contribution is -3.00. The van der Waals surface area contributed by atoms with Crippen LogP contribution in [0.1, 0.15) is 194 Å². The van der Waals surface area contributed by atoms with Crippen LogP contribution >= 0.6 is 0 Å². The monoisotopic (exact) mass is 644 g/mol. The predicted octanol–water partition coefficient (Wildman–Crippen LogP) is 8.74. The fraction of sp³-hybridized carbons (Fsp3) is 0.914. The largest absolute Gasteiger partial charge is 1.00 e. The molecule has 0 bridgehead atoms. The minimum absolute atomic E-state index is 0. The zero-order valence-corrected chi connectivity index (χ0v) is 28.4. The number of hydrogen-bond acceptors (Lipinski definition) is 0. The van der Waals surface area contributed by atoms with Crippen LogP contribution in [0.4, 0.5) is 0 Å². The molecule has 3 heteroatoms. The van der Waals surface area contributed by atoms with Gasteiger partial charge in [0.15, 0.2) is 0 Å². The topological polar surface area (TPSA) is 8.81 Å². The van der Waals surface area contributed by atoms with Crippen LogP contribution in [-0.2, 0) is 13.1 Å². The van der Waals surface area contributed by atoms with Gasteiger partial charge in [0.2, 0.25) is 6.33 Å². The molecule has 0 amide bonds. The Morgan fingerprint density at radius 3 is 1.11 bits per heavy atom. The summed E-state index contributed by atoms with van der Waals surface area (Å²) in [4.78, 5) is 0. The summed E-state index contributed by atoms with van der Waals surface area (Å²) >= 11 is 0. The third-order valence-corrected chi connectivity index (χ3v) is 8.29. The lowest BCUT2D eigenvalue weighted by molar-refractivity contribution is -0.696. The van der Waals surface area contributed by atoms with Crippen LogP contribution < -0.4 is 28.5 Å². The van der Waals surface area contributed by atoms with Gasteiger partial charge in [0.25, 0.3) is 0 Å². The van der Waals surface area contributed by atoms with E-state index in [-0.39, 0.29) is 24.0 Å². The Bertz CT molecular complexity index is 509. The predicted molar refractivity (Wildman–Crippen MR) is 165 cm³/mol. The Kier molecular flexibility index (Phi) is 31.4. The van der Waals surface area contributed by atoms with Gasteiger partial charge in [-0.15, -0.1) is 0 Å². The first kappa shape index (κ1) is 37.9. The highest BCUT2D eigenvalue weighted by Crippen LogP contribution is 2.14. The van der Waals surface area contributed by atoms with Gasteiger partial charge in [-0.25, -0.2) is 9.13 Å². The van der Waals surface area contributed by atoms with Gasteiger partial charge in [-0.3, -0.25) is 0 Å². The van der Waals surface area contributed by atoms with Crippen molar-refractivity contribution >= 4 is 0 Å². The van der Waals surface area contributed by atoms with Crippen LogP contribution in [0, 0.1) is 0 Å². The molecule has 1 rings (SSSR count). The third kappa shape index (κ3) is 26.2. The SMILES string of the molecule is CCCCCCCCCCCCCCCCn1cc[n+](CCCCCCCCCCCCCCCC)c1.[I-]. The van der Waals surface area contributed by atoms with E-state index in [1.54, 1.807) is 0 Å². The molecule has 0 radical (unpaired) electrons. The Morgan fingerprint density at radius 1 is 0.421 bits per heavy atom. The summed E-state index contributed by atoms with van der Waals surface area (Å²) in [5, 5.41) is 0. The van der Waals surface area contributed by atoms with Crippen LogP contribution in [0.2, 0.25) is 0 Å². The summed E-state index contributed by atoms with van der Waals surface area (Å²) in [5.41, 5.74) is 0. The molecule has 0 fully saturated rings. The van der Waals surface area contributed by atoms with E-state index < -0.39 is 0 Å². The van der Waals surface area contributed by atoms with Gasteiger partial charge in [0.05, 0.1) is 13.1 Å². The molecule has 0 aromatic carbocycles. The Hall–Kier alpha value is -0.0600. The van der Waals surface area contributed by atoms with E-state index in [0.717, 1.165) is 0 Å². The fourth-order valence-corrected chi connectivity index (χ4v) is 5.68. The quantitative estimate of drug-likeness (QED) is 0.0450. The molecule has 1 aromatic heterocycles. The second kappa shape index (κ2) is 31.5. The minimum Gasteiger partial charge on any atom is -1.00 e. The molecule has 1 aromatic rings. The first-order valence-corrected chi connectivity index (χ1v) is 17.4. The molecule has 226 valence electrons. The molecule has 0 aliphatic heterocycles. The second-order valence-corrected chi connectivity index (χ2v) is 12.1. The van der Waals surface area contributed by atoms with Crippen molar-refractivity contribution in [2.45, 2.75) is 207 Å². The molecular formula is C35H69IN2. The van der Waals surface area contributed by atoms with Gasteiger partial charge in [-0.05, 0) is 25.7 Å². The zero-order chi connectivity index (χ0) is 26.5. The number of aryl methyl sites for hydroxylation is 2. The molecule has 0 atom stereocenters. The zero-order valence-electron chi connectivity index (χ0n) is 26.2. The molecule has 0 aliphatic carbocycles. The molecule has 0 saturated heterocycles. The van der Waals surface area contributed by atoms with E-state index in [9.17, 15) is 0 Å². The standard InChI is InChI=1S/C35H69N2.HI/c1-3-5-7-9-11-13-15-17-19-21-23-25-27-29-31-36-33-34-37(35-36)32-30-28-26-24-22-20-18-16-14-12-10-8-6-4-2;/h33-35H,3-32H2,1-2H3;1H/q+1;/p-1. The van der Waals surface area contributed by atoms with E-state index in [0.29, 0.717) is 0 Å². The maximum atomic E-state index is 2.41. The highest BCUT2D eigenvalue weighted by Gasteiger charge is 2.03. The smallest absolute Gasteiger partial charge is 0.243 e. The van der Waals surface area contributed by atoms with E-state index in [1.165, 1.54) is 193 Å². The molecule has 0 N–H and O–H groups in total. The summed E-state index contributed by atoms with van der Waals surface area (Å²) in [5.74, 6) is 0. The number of aromatic nitrogens is 2. The normalized spacial score (nSPS) is 11.2. The highest BCUT2D eigenvalue weighted by atomic mass is 127. The van der Waals surface area contributed by atoms with Crippen LogP contribution in [-0.4, -0.2) is 4.57 Å². The second-order valence-electron chi connectivity index (χ2n) is 12.1. The van der Waals surface area contributed by atoms with Gasteiger partial charge in [0, 0.05) is 0 Å². The summed E-state index contributed by atoms with van der Waals surface area (Å²) in [6, 6.07) is 0. The van der Waals surface area contributed by atoms with E-state index in [1.807, 2.05) is 0 Å². The number of imidazole rings is 1. The molecule has 38 heavy (non-hydrogen) atoms. The van der Waals surface area contributed by atoms with E-state index in [4.69, 9.17) is 0 Å². The molecule has 0 aliphatic rings. The van der Waals surface area contributed by atoms with Crippen molar-refractivity contribution in [2.24, 2.45) is 0 Å². The van der Waals surface area contributed by atoms with Crippen LogP contribution in [0.3, 0.4) is 0 Å². The number of halogens is 1. The van der Waals surface area contributed by atoms with Gasteiger partial charge in [-0.2, -0.15) is 0 Å². The summed E-state index contributed by atoms with van der Waals surface area (Å²) in [6.45, 7) is 7.00. The van der Waals surface area contributed by atoms with Crippen molar-refractivity contribution in [3.8, 4) is 0 Å². The maximum absolute atomic E-state index is 2.41. The van der Waals surface area contributed by atoms with Gasteiger partial charge in [-0.1, -0.05) is 168 Å². The lowest BCUT2D eigenvalue weighted by atomic mass is 10.0.